The summed E-state index contributed by atoms with van der Waals surface area (Å²) in [6.45, 7) is 3.27. The van der Waals surface area contributed by atoms with Crippen molar-refractivity contribution in [3.8, 4) is 5.75 Å². The summed E-state index contributed by atoms with van der Waals surface area (Å²) in [6.07, 6.45) is 3.00. The Morgan fingerprint density at radius 1 is 1.25 bits per heavy atom. The van der Waals surface area contributed by atoms with Gasteiger partial charge in [-0.15, -0.1) is 0 Å². The fourth-order valence-corrected chi connectivity index (χ4v) is 1.60. The van der Waals surface area contributed by atoms with Crippen molar-refractivity contribution in [2.24, 2.45) is 0 Å². The second-order valence-electron chi connectivity index (χ2n) is 3.91. The van der Waals surface area contributed by atoms with E-state index in [1.165, 1.54) is 5.56 Å². The lowest BCUT2D eigenvalue weighted by Gasteiger charge is -2.11. The van der Waals surface area contributed by atoms with Gasteiger partial charge in [-0.25, -0.2) is 0 Å². The van der Waals surface area contributed by atoms with Gasteiger partial charge >= 0.3 is 0 Å². The van der Waals surface area contributed by atoms with Crippen LogP contribution in [0.3, 0.4) is 0 Å². The summed E-state index contributed by atoms with van der Waals surface area (Å²) in [7, 11) is 1.68. The number of methoxy groups -OCH3 is 1. The van der Waals surface area contributed by atoms with Gasteiger partial charge in [0.25, 0.3) is 0 Å². The minimum absolute atomic E-state index is 0.285. The van der Waals surface area contributed by atoms with Gasteiger partial charge in [0.05, 0.1) is 12.8 Å². The maximum Gasteiger partial charge on any atom is 0.141 e. The highest BCUT2D eigenvalue weighted by atomic mass is 16.5. The molecule has 1 rings (SSSR count). The maximum atomic E-state index is 8.66. The van der Waals surface area contributed by atoms with Gasteiger partial charge < -0.3 is 15.2 Å². The molecule has 0 aromatic heterocycles. The van der Waals surface area contributed by atoms with E-state index in [4.69, 9.17) is 9.84 Å². The van der Waals surface area contributed by atoms with Gasteiger partial charge in [-0.05, 0) is 43.9 Å². The first-order chi connectivity index (χ1) is 7.77. The summed E-state index contributed by atoms with van der Waals surface area (Å²) in [5.74, 6) is 0.882. The molecule has 0 aliphatic rings. The monoisotopic (exact) mass is 223 g/mol. The number of aryl methyl sites for hydroxylation is 1. The number of anilines is 1. The lowest BCUT2D eigenvalue weighted by atomic mass is 10.2. The molecule has 2 N–H and O–H groups in total. The van der Waals surface area contributed by atoms with Crippen molar-refractivity contribution in [3.63, 3.8) is 0 Å². The molecule has 0 spiro atoms. The Morgan fingerprint density at radius 3 is 2.75 bits per heavy atom. The predicted octanol–water partition coefficient (Wildman–Crippen LogP) is 2.58. The van der Waals surface area contributed by atoms with E-state index in [1.54, 1.807) is 7.11 Å². The van der Waals surface area contributed by atoms with Crippen LogP contribution < -0.4 is 10.1 Å². The Balaban J connectivity index is 2.42. The molecular weight excluding hydrogens is 202 g/mol. The summed E-state index contributed by atoms with van der Waals surface area (Å²) in [5.41, 5.74) is 2.27. The Labute approximate surface area is 97.4 Å². The van der Waals surface area contributed by atoms with Crippen LogP contribution in [0.25, 0.3) is 0 Å². The largest absolute Gasteiger partial charge is 0.495 e. The molecule has 0 unspecified atom stereocenters. The fraction of sp³-hybridized carbons (Fsp3) is 0.538. The number of benzene rings is 1. The summed E-state index contributed by atoms with van der Waals surface area (Å²) < 4.78 is 5.28. The molecule has 0 aliphatic carbocycles. The van der Waals surface area contributed by atoms with Crippen molar-refractivity contribution in [3.05, 3.63) is 23.8 Å². The highest BCUT2D eigenvalue weighted by Crippen LogP contribution is 2.25. The molecule has 1 aromatic carbocycles. The third-order valence-electron chi connectivity index (χ3n) is 2.51. The summed E-state index contributed by atoms with van der Waals surface area (Å²) in [6, 6.07) is 6.10. The van der Waals surface area contributed by atoms with Crippen LogP contribution in [-0.4, -0.2) is 25.4 Å². The van der Waals surface area contributed by atoms with Crippen molar-refractivity contribution in [1.29, 1.82) is 0 Å². The second kappa shape index (κ2) is 7.12. The molecule has 0 heterocycles. The molecule has 0 amide bonds. The minimum Gasteiger partial charge on any atom is -0.495 e. The molecule has 0 radical (unpaired) electrons. The van der Waals surface area contributed by atoms with Gasteiger partial charge in [-0.1, -0.05) is 6.07 Å². The quantitative estimate of drug-likeness (QED) is 0.698. The van der Waals surface area contributed by atoms with Crippen molar-refractivity contribution in [2.75, 3.05) is 25.6 Å². The van der Waals surface area contributed by atoms with Crippen molar-refractivity contribution in [2.45, 2.75) is 26.2 Å². The van der Waals surface area contributed by atoms with Gasteiger partial charge in [0.1, 0.15) is 5.75 Å². The molecule has 16 heavy (non-hydrogen) atoms. The number of rotatable bonds is 7. The van der Waals surface area contributed by atoms with E-state index < -0.39 is 0 Å². The van der Waals surface area contributed by atoms with Crippen LogP contribution in [0.15, 0.2) is 18.2 Å². The fourth-order valence-electron chi connectivity index (χ4n) is 1.60. The molecule has 0 saturated heterocycles. The van der Waals surface area contributed by atoms with Gasteiger partial charge in [-0.2, -0.15) is 0 Å². The first kappa shape index (κ1) is 12.8. The van der Waals surface area contributed by atoms with Crippen LogP contribution in [0.2, 0.25) is 0 Å². The topological polar surface area (TPSA) is 41.5 Å². The normalized spacial score (nSPS) is 10.2. The van der Waals surface area contributed by atoms with Crippen LogP contribution in [0.4, 0.5) is 5.69 Å². The van der Waals surface area contributed by atoms with Crippen molar-refractivity contribution in [1.82, 2.24) is 0 Å². The third-order valence-corrected chi connectivity index (χ3v) is 2.51. The molecule has 3 heteroatoms. The number of unbranched alkanes of at least 4 members (excludes halogenated alkanes) is 2. The van der Waals surface area contributed by atoms with E-state index >= 15 is 0 Å². The van der Waals surface area contributed by atoms with Gasteiger partial charge in [0.15, 0.2) is 0 Å². The Hall–Kier alpha value is -1.22. The Morgan fingerprint density at radius 2 is 2.06 bits per heavy atom. The van der Waals surface area contributed by atoms with Crippen LogP contribution in [0.1, 0.15) is 24.8 Å². The highest BCUT2D eigenvalue weighted by molar-refractivity contribution is 5.57. The number of ether oxygens (including phenoxy) is 1. The van der Waals surface area contributed by atoms with E-state index in [2.05, 4.69) is 18.3 Å². The van der Waals surface area contributed by atoms with Crippen LogP contribution in [0.5, 0.6) is 5.75 Å². The summed E-state index contributed by atoms with van der Waals surface area (Å²) in [5, 5.41) is 12.0. The van der Waals surface area contributed by atoms with E-state index in [-0.39, 0.29) is 6.61 Å². The molecule has 0 aliphatic heterocycles. The number of hydrogen-bond acceptors (Lipinski definition) is 3. The zero-order valence-corrected chi connectivity index (χ0v) is 10.1. The molecule has 0 saturated carbocycles. The van der Waals surface area contributed by atoms with Crippen LogP contribution in [-0.2, 0) is 0 Å². The molecule has 90 valence electrons. The summed E-state index contributed by atoms with van der Waals surface area (Å²) >= 11 is 0. The van der Waals surface area contributed by atoms with E-state index in [9.17, 15) is 0 Å². The zero-order valence-electron chi connectivity index (χ0n) is 10.1. The van der Waals surface area contributed by atoms with Crippen LogP contribution in [0, 0.1) is 6.92 Å². The van der Waals surface area contributed by atoms with Crippen molar-refractivity contribution < 1.29 is 9.84 Å². The van der Waals surface area contributed by atoms with Crippen molar-refractivity contribution >= 4 is 5.69 Å². The van der Waals surface area contributed by atoms with E-state index in [0.29, 0.717) is 0 Å². The third kappa shape index (κ3) is 4.11. The van der Waals surface area contributed by atoms with Crippen LogP contribution >= 0.6 is 0 Å². The SMILES string of the molecule is COc1ccc(C)cc1NCCCCCO. The maximum absolute atomic E-state index is 8.66. The molecule has 0 bridgehead atoms. The number of hydrogen-bond donors (Lipinski definition) is 2. The Kier molecular flexibility index (Phi) is 5.72. The molecule has 0 fully saturated rings. The predicted molar refractivity (Wildman–Crippen MR) is 67.2 cm³/mol. The average Bonchev–Trinajstić information content (AvgIpc) is 2.29. The number of aliphatic hydroxyl groups is 1. The molecule has 3 nitrogen and oxygen atoms in total. The smallest absolute Gasteiger partial charge is 0.141 e. The number of nitrogens with one attached hydrogen (secondary N) is 1. The van der Waals surface area contributed by atoms with E-state index in [0.717, 1.165) is 37.2 Å². The Bertz CT molecular complexity index is 313. The first-order valence-electron chi connectivity index (χ1n) is 5.77. The molecule has 0 atom stereocenters. The summed E-state index contributed by atoms with van der Waals surface area (Å²) in [4.78, 5) is 0. The minimum atomic E-state index is 0.285. The zero-order chi connectivity index (χ0) is 11.8. The van der Waals surface area contributed by atoms with Gasteiger partial charge in [-0.3, -0.25) is 0 Å². The lowest BCUT2D eigenvalue weighted by molar-refractivity contribution is 0.283. The molecular formula is C13H21NO2. The van der Waals surface area contributed by atoms with E-state index in [1.807, 2.05) is 12.1 Å². The lowest BCUT2D eigenvalue weighted by Crippen LogP contribution is -2.03. The van der Waals surface area contributed by atoms with Gasteiger partial charge in [0, 0.05) is 13.2 Å². The van der Waals surface area contributed by atoms with Gasteiger partial charge in [0.2, 0.25) is 0 Å². The average molecular weight is 223 g/mol. The first-order valence-corrected chi connectivity index (χ1v) is 5.77. The second-order valence-corrected chi connectivity index (χ2v) is 3.91. The molecule has 1 aromatic rings. The standard InChI is InChI=1S/C13H21NO2/c1-11-6-7-13(16-2)12(10-11)14-8-4-3-5-9-15/h6-7,10,14-15H,3-5,8-9H2,1-2H3. The number of aliphatic hydroxyl groups excluding tert-OH is 1. The highest BCUT2D eigenvalue weighted by Gasteiger charge is 2.01.